The van der Waals surface area contributed by atoms with Crippen molar-refractivity contribution < 1.29 is 0 Å². The largest absolute Gasteiger partial charge is 0.303 e. The summed E-state index contributed by atoms with van der Waals surface area (Å²) in [4.78, 5) is 2.48. The lowest BCUT2D eigenvalue weighted by molar-refractivity contribution is 0.440. The molecule has 0 bridgehead atoms. The first kappa shape index (κ1) is 11.9. The van der Waals surface area contributed by atoms with Crippen LogP contribution in [0.15, 0.2) is 51.3 Å². The minimum absolute atomic E-state index is 1.23. The molecule has 3 heteroatoms. The molecule has 0 heterocycles. The van der Waals surface area contributed by atoms with Gasteiger partial charge in [0.1, 0.15) is 0 Å². The van der Waals surface area contributed by atoms with Crippen molar-refractivity contribution in [1.82, 2.24) is 5.01 Å². The van der Waals surface area contributed by atoms with E-state index in [1.807, 2.05) is 44.6 Å². The van der Waals surface area contributed by atoms with Crippen LogP contribution in [0.1, 0.15) is 6.92 Å². The maximum atomic E-state index is 4.12. The van der Waals surface area contributed by atoms with Crippen LogP contribution >= 0.6 is 11.8 Å². The van der Waals surface area contributed by atoms with Gasteiger partial charge in [-0.05, 0) is 30.0 Å². The maximum absolute atomic E-state index is 4.12. The van der Waals surface area contributed by atoms with Gasteiger partial charge in [0.2, 0.25) is 0 Å². The van der Waals surface area contributed by atoms with Crippen LogP contribution in [0.25, 0.3) is 0 Å². The first-order valence-electron chi connectivity index (χ1n) is 4.79. The third kappa shape index (κ3) is 5.27. The lowest BCUT2D eigenvalue weighted by Gasteiger charge is -2.01. The predicted molar refractivity (Wildman–Crippen MR) is 68.2 cm³/mol. The summed E-state index contributed by atoms with van der Waals surface area (Å²) < 4.78 is 0. The van der Waals surface area contributed by atoms with E-state index in [0.717, 1.165) is 0 Å². The van der Waals surface area contributed by atoms with Crippen LogP contribution in [0.2, 0.25) is 0 Å². The van der Waals surface area contributed by atoms with Crippen molar-refractivity contribution in [3.05, 3.63) is 41.3 Å². The highest BCUT2D eigenvalue weighted by Crippen LogP contribution is 2.24. The van der Waals surface area contributed by atoms with E-state index in [2.05, 4.69) is 24.2 Å². The van der Waals surface area contributed by atoms with Crippen molar-refractivity contribution in [3.8, 4) is 0 Å². The van der Waals surface area contributed by atoms with E-state index in [1.54, 1.807) is 16.8 Å². The molecule has 1 rings (SSSR count). The van der Waals surface area contributed by atoms with Gasteiger partial charge >= 0.3 is 0 Å². The quantitative estimate of drug-likeness (QED) is 0.440. The number of allylic oxidation sites excluding steroid dienone is 2. The number of benzene rings is 1. The highest BCUT2D eigenvalue weighted by molar-refractivity contribution is 8.03. The fourth-order valence-corrected chi connectivity index (χ4v) is 1.77. The summed E-state index contributed by atoms with van der Waals surface area (Å²) in [5.74, 6) is 0. The summed E-state index contributed by atoms with van der Waals surface area (Å²) in [5, 5.41) is 5.90. The van der Waals surface area contributed by atoms with E-state index < -0.39 is 0 Å². The van der Waals surface area contributed by atoms with Gasteiger partial charge in [-0.2, -0.15) is 5.10 Å². The molecule has 80 valence electrons. The molecule has 0 unspecified atom stereocenters. The second kappa shape index (κ2) is 6.30. The molecule has 15 heavy (non-hydrogen) atoms. The first-order chi connectivity index (χ1) is 7.18. The van der Waals surface area contributed by atoms with E-state index >= 15 is 0 Å². The van der Waals surface area contributed by atoms with Crippen molar-refractivity contribution in [3.63, 3.8) is 0 Å². The fraction of sp³-hybridized carbons (Fsp3) is 0.250. The van der Waals surface area contributed by atoms with Gasteiger partial charge in [0, 0.05) is 25.2 Å². The van der Waals surface area contributed by atoms with Crippen LogP contribution in [0.3, 0.4) is 0 Å². The topological polar surface area (TPSA) is 15.6 Å². The van der Waals surface area contributed by atoms with E-state index in [4.69, 9.17) is 0 Å². The number of rotatable bonds is 4. The van der Waals surface area contributed by atoms with Gasteiger partial charge in [-0.1, -0.05) is 30.0 Å². The molecule has 0 aliphatic carbocycles. The van der Waals surface area contributed by atoms with Gasteiger partial charge in [0.05, 0.1) is 0 Å². The van der Waals surface area contributed by atoms with Gasteiger partial charge in [-0.3, -0.25) is 0 Å². The molecule has 0 saturated heterocycles. The van der Waals surface area contributed by atoms with Crippen molar-refractivity contribution in [2.45, 2.75) is 11.8 Å². The predicted octanol–water partition coefficient (Wildman–Crippen LogP) is 3.23. The average molecular weight is 220 g/mol. The Morgan fingerprint density at radius 3 is 2.53 bits per heavy atom. The van der Waals surface area contributed by atoms with Crippen molar-refractivity contribution in [2.75, 3.05) is 14.1 Å². The molecule has 0 aromatic heterocycles. The summed E-state index contributed by atoms with van der Waals surface area (Å²) in [7, 11) is 3.81. The number of thioether (sulfide) groups is 1. The summed E-state index contributed by atoms with van der Waals surface area (Å²) in [6.07, 6.45) is 3.82. The Hall–Kier alpha value is -1.22. The van der Waals surface area contributed by atoms with Crippen LogP contribution in [0.4, 0.5) is 0 Å². The molecule has 0 aliphatic rings. The zero-order chi connectivity index (χ0) is 11.1. The molecule has 1 aromatic carbocycles. The van der Waals surface area contributed by atoms with Crippen LogP contribution in [-0.4, -0.2) is 25.3 Å². The highest BCUT2D eigenvalue weighted by Gasteiger charge is 1.92. The lowest BCUT2D eigenvalue weighted by Crippen LogP contribution is -2.00. The third-order valence-corrected chi connectivity index (χ3v) is 2.59. The van der Waals surface area contributed by atoms with Gasteiger partial charge in [-0.25, -0.2) is 0 Å². The van der Waals surface area contributed by atoms with Crippen LogP contribution in [-0.2, 0) is 0 Å². The molecule has 0 radical (unpaired) electrons. The molecule has 1 aromatic rings. The number of hydrazone groups is 1. The molecule has 0 amide bonds. The minimum Gasteiger partial charge on any atom is -0.303 e. The molecule has 2 nitrogen and oxygen atoms in total. The van der Waals surface area contributed by atoms with E-state index in [9.17, 15) is 0 Å². The third-order valence-electron chi connectivity index (χ3n) is 1.63. The second-order valence-electron chi connectivity index (χ2n) is 3.30. The Balaban J connectivity index is 2.52. The van der Waals surface area contributed by atoms with Gasteiger partial charge in [0.15, 0.2) is 0 Å². The number of hydrogen-bond donors (Lipinski definition) is 0. The normalized spacial score (nSPS) is 12.1. The smallest absolute Gasteiger partial charge is 0.0478 e. The van der Waals surface area contributed by atoms with Crippen molar-refractivity contribution in [2.24, 2.45) is 5.10 Å². The molecule has 0 spiro atoms. The first-order valence-corrected chi connectivity index (χ1v) is 5.61. The van der Waals surface area contributed by atoms with E-state index in [-0.39, 0.29) is 0 Å². The molecular formula is C12H16N2S. The molecule has 0 N–H and O–H groups in total. The average Bonchev–Trinajstić information content (AvgIpc) is 2.18. The SMILES string of the molecule is CC(=CC=NN(C)C)Sc1ccccc1. The Morgan fingerprint density at radius 2 is 1.93 bits per heavy atom. The van der Waals surface area contributed by atoms with Crippen LogP contribution in [0.5, 0.6) is 0 Å². The number of nitrogens with zero attached hydrogens (tertiary/aromatic N) is 2. The molecule has 0 atom stereocenters. The summed E-state index contributed by atoms with van der Waals surface area (Å²) >= 11 is 1.75. The monoisotopic (exact) mass is 220 g/mol. The maximum Gasteiger partial charge on any atom is 0.0478 e. The summed E-state index contributed by atoms with van der Waals surface area (Å²) in [5.41, 5.74) is 0. The van der Waals surface area contributed by atoms with Crippen LogP contribution < -0.4 is 0 Å². The van der Waals surface area contributed by atoms with Crippen LogP contribution in [0, 0.1) is 0 Å². The molecule has 0 aliphatic heterocycles. The second-order valence-corrected chi connectivity index (χ2v) is 4.62. The zero-order valence-corrected chi connectivity index (χ0v) is 10.2. The standard InChI is InChI=1S/C12H16N2S/c1-11(9-10-13-14(2)3)15-12-7-5-4-6-8-12/h4-10H,1-3H3. The summed E-state index contributed by atoms with van der Waals surface area (Å²) in [6, 6.07) is 10.3. The fourth-order valence-electron chi connectivity index (χ4n) is 0.980. The Bertz CT molecular complexity index is 342. The highest BCUT2D eigenvalue weighted by atomic mass is 32.2. The van der Waals surface area contributed by atoms with Gasteiger partial charge in [0.25, 0.3) is 0 Å². The Morgan fingerprint density at radius 1 is 1.27 bits per heavy atom. The van der Waals surface area contributed by atoms with E-state index in [1.165, 1.54) is 9.80 Å². The van der Waals surface area contributed by atoms with E-state index in [0.29, 0.717) is 0 Å². The van der Waals surface area contributed by atoms with Crippen molar-refractivity contribution in [1.29, 1.82) is 0 Å². The molecule has 0 fully saturated rings. The molecular weight excluding hydrogens is 204 g/mol. The van der Waals surface area contributed by atoms with Gasteiger partial charge in [-0.15, -0.1) is 0 Å². The van der Waals surface area contributed by atoms with Gasteiger partial charge < -0.3 is 5.01 Å². The molecule has 0 saturated carbocycles. The number of hydrogen-bond acceptors (Lipinski definition) is 3. The summed E-state index contributed by atoms with van der Waals surface area (Å²) in [6.45, 7) is 2.08. The minimum atomic E-state index is 1.23. The zero-order valence-electron chi connectivity index (χ0n) is 9.34. The Labute approximate surface area is 95.7 Å². The van der Waals surface area contributed by atoms with Crippen molar-refractivity contribution >= 4 is 18.0 Å². The Kier molecular flexibility index (Phi) is 4.98. The lowest BCUT2D eigenvalue weighted by atomic mass is 10.4.